The second-order valence-electron chi connectivity index (χ2n) is 11.8. The number of nitrogen functional groups attached to an aromatic ring is 1. The summed E-state index contributed by atoms with van der Waals surface area (Å²) in [6.07, 6.45) is 6.03. The van der Waals surface area contributed by atoms with E-state index in [1.54, 1.807) is 0 Å². The van der Waals surface area contributed by atoms with Gasteiger partial charge in [0.1, 0.15) is 30.2 Å². The summed E-state index contributed by atoms with van der Waals surface area (Å²) in [7, 11) is 2.21. The number of anilines is 2. The van der Waals surface area contributed by atoms with E-state index in [0.29, 0.717) is 23.5 Å². The van der Waals surface area contributed by atoms with Crippen LogP contribution in [0.15, 0.2) is 48.8 Å². The molecule has 1 unspecified atom stereocenters. The smallest absolute Gasteiger partial charge is 0.300 e. The van der Waals surface area contributed by atoms with Gasteiger partial charge in [-0.15, -0.1) is 0 Å². The minimum Gasteiger partial charge on any atom is -0.491 e. The van der Waals surface area contributed by atoms with E-state index >= 15 is 0 Å². The molecule has 7 rings (SSSR count). The average molecular weight is 619 g/mol. The Morgan fingerprint density at radius 2 is 1.75 bits per heavy atom. The third-order valence-corrected chi connectivity index (χ3v) is 9.17. The molecule has 0 bridgehead atoms. The Kier molecular flexibility index (Phi) is 8.88. The molecule has 12 heteroatoms. The number of hydrogen-bond donors (Lipinski definition) is 3. The van der Waals surface area contributed by atoms with Crippen molar-refractivity contribution in [3.8, 4) is 17.0 Å². The minimum atomic E-state index is -0.833. The van der Waals surface area contributed by atoms with Gasteiger partial charge in [0.2, 0.25) is 0 Å². The number of fused-ring (bicyclic) bond motifs is 2. The van der Waals surface area contributed by atoms with Crippen molar-refractivity contribution in [3.05, 3.63) is 59.4 Å². The summed E-state index contributed by atoms with van der Waals surface area (Å²) in [5.41, 5.74) is 10.9. The highest BCUT2D eigenvalue weighted by atomic mass is 35.5. The molecule has 1 atom stereocenters. The summed E-state index contributed by atoms with van der Waals surface area (Å²) < 4.78 is 7.93. The maximum atomic E-state index is 9.00. The first-order valence-electron chi connectivity index (χ1n) is 15.2. The van der Waals surface area contributed by atoms with Crippen molar-refractivity contribution in [1.82, 2.24) is 29.5 Å². The molecule has 2 aliphatic heterocycles. The monoisotopic (exact) mass is 618 g/mol. The van der Waals surface area contributed by atoms with Crippen LogP contribution in [0.4, 0.5) is 11.5 Å². The molecule has 2 aromatic carbocycles. The van der Waals surface area contributed by atoms with Crippen LogP contribution in [0.5, 0.6) is 5.75 Å². The molecule has 232 valence electrons. The van der Waals surface area contributed by atoms with Gasteiger partial charge in [-0.25, -0.2) is 14.6 Å². The molecule has 4 N–H and O–H groups in total. The summed E-state index contributed by atoms with van der Waals surface area (Å²) in [5.74, 6) is 0.521. The van der Waals surface area contributed by atoms with Gasteiger partial charge >= 0.3 is 0 Å². The predicted molar refractivity (Wildman–Crippen MR) is 172 cm³/mol. The molecule has 0 amide bonds. The molecule has 2 fully saturated rings. The second-order valence-corrected chi connectivity index (χ2v) is 12.2. The Morgan fingerprint density at radius 1 is 1.05 bits per heavy atom. The SMILES string of the molecule is CC(=O)O.CN1CCN(C2CCC(n3nc(-c4ccc(NC5COc6ccccc65)c(Cl)c4)c4c(N)ncnc43)CC2)CC1. The van der Waals surface area contributed by atoms with Crippen LogP contribution in [0, 0.1) is 0 Å². The van der Waals surface area contributed by atoms with Gasteiger partial charge in [0.25, 0.3) is 5.97 Å². The number of aromatic nitrogens is 4. The van der Waals surface area contributed by atoms with E-state index in [9.17, 15) is 0 Å². The highest BCUT2D eigenvalue weighted by Crippen LogP contribution is 2.40. The van der Waals surface area contributed by atoms with Crippen molar-refractivity contribution in [2.75, 3.05) is 50.9 Å². The molecule has 3 aliphatic rings. The van der Waals surface area contributed by atoms with Crippen LogP contribution < -0.4 is 15.8 Å². The lowest BCUT2D eigenvalue weighted by Gasteiger charge is -2.41. The summed E-state index contributed by atoms with van der Waals surface area (Å²) in [4.78, 5) is 23.0. The molecule has 0 radical (unpaired) electrons. The summed E-state index contributed by atoms with van der Waals surface area (Å²) in [5, 5.41) is 17.5. The van der Waals surface area contributed by atoms with Crippen molar-refractivity contribution >= 4 is 40.1 Å². The molecule has 4 heterocycles. The number of piperazine rings is 1. The van der Waals surface area contributed by atoms with E-state index in [1.807, 2.05) is 36.4 Å². The van der Waals surface area contributed by atoms with Gasteiger partial charge in [-0.2, -0.15) is 5.10 Å². The molecule has 4 aromatic rings. The number of aliphatic carboxylic acids is 1. The van der Waals surface area contributed by atoms with Crippen LogP contribution in [0.25, 0.3) is 22.3 Å². The number of carboxylic acids is 1. The van der Waals surface area contributed by atoms with Crippen LogP contribution in [-0.4, -0.2) is 86.5 Å². The van der Waals surface area contributed by atoms with Crippen LogP contribution >= 0.6 is 11.6 Å². The topological polar surface area (TPSA) is 135 Å². The molecule has 44 heavy (non-hydrogen) atoms. The summed E-state index contributed by atoms with van der Waals surface area (Å²) in [6, 6.07) is 15.1. The lowest BCUT2D eigenvalue weighted by molar-refractivity contribution is -0.134. The third-order valence-electron chi connectivity index (χ3n) is 8.86. The number of carbonyl (C=O) groups is 1. The fourth-order valence-corrected chi connectivity index (χ4v) is 6.79. The molecule has 2 aromatic heterocycles. The van der Waals surface area contributed by atoms with Crippen molar-refractivity contribution in [3.63, 3.8) is 0 Å². The number of nitrogens with one attached hydrogen (secondary N) is 1. The molecule has 0 spiro atoms. The maximum absolute atomic E-state index is 9.00. The lowest BCUT2D eigenvalue weighted by Crippen LogP contribution is -2.49. The lowest BCUT2D eigenvalue weighted by atomic mass is 9.90. The number of hydrogen-bond acceptors (Lipinski definition) is 9. The highest BCUT2D eigenvalue weighted by molar-refractivity contribution is 6.33. The first kappa shape index (κ1) is 30.1. The number of para-hydroxylation sites is 1. The van der Waals surface area contributed by atoms with Crippen molar-refractivity contribution in [1.29, 1.82) is 0 Å². The Balaban J connectivity index is 0.000000810. The summed E-state index contributed by atoms with van der Waals surface area (Å²) >= 11 is 6.82. The van der Waals surface area contributed by atoms with Gasteiger partial charge in [-0.05, 0) is 50.9 Å². The zero-order chi connectivity index (χ0) is 30.8. The molecule has 1 aliphatic carbocycles. The molecular weight excluding hydrogens is 580 g/mol. The van der Waals surface area contributed by atoms with Crippen LogP contribution in [0.3, 0.4) is 0 Å². The van der Waals surface area contributed by atoms with Crippen molar-refractivity contribution in [2.45, 2.75) is 50.7 Å². The van der Waals surface area contributed by atoms with Crippen LogP contribution in [-0.2, 0) is 4.79 Å². The van der Waals surface area contributed by atoms with Gasteiger partial charge in [-0.3, -0.25) is 9.69 Å². The Hall–Kier alpha value is -3.93. The van der Waals surface area contributed by atoms with E-state index in [-0.39, 0.29) is 12.1 Å². The number of nitrogens with zero attached hydrogens (tertiary/aromatic N) is 6. The maximum Gasteiger partial charge on any atom is 0.300 e. The van der Waals surface area contributed by atoms with Crippen molar-refractivity contribution < 1.29 is 14.6 Å². The third kappa shape index (κ3) is 6.31. The number of rotatable bonds is 5. The highest BCUT2D eigenvalue weighted by Gasteiger charge is 2.31. The average Bonchev–Trinajstić information content (AvgIpc) is 3.61. The second kappa shape index (κ2) is 13.0. The van der Waals surface area contributed by atoms with Gasteiger partial charge in [0.15, 0.2) is 5.65 Å². The summed E-state index contributed by atoms with van der Waals surface area (Å²) in [6.45, 7) is 6.29. The largest absolute Gasteiger partial charge is 0.491 e. The molecule has 11 nitrogen and oxygen atoms in total. The molecule has 1 saturated heterocycles. The molecular formula is C32H39ClN8O3. The first-order valence-corrected chi connectivity index (χ1v) is 15.5. The van der Waals surface area contributed by atoms with Crippen LogP contribution in [0.1, 0.15) is 50.3 Å². The number of ether oxygens (including phenoxy) is 1. The van der Waals surface area contributed by atoms with Gasteiger partial charge in [-0.1, -0.05) is 35.9 Å². The van der Waals surface area contributed by atoms with Gasteiger partial charge in [0, 0.05) is 50.3 Å². The fraction of sp³-hybridized carbons (Fsp3) is 0.438. The Bertz CT molecular complexity index is 1630. The quantitative estimate of drug-likeness (QED) is 0.277. The zero-order valence-corrected chi connectivity index (χ0v) is 25.9. The minimum absolute atomic E-state index is 0.0459. The fourth-order valence-electron chi connectivity index (χ4n) is 6.56. The van der Waals surface area contributed by atoms with Gasteiger partial charge < -0.3 is 25.8 Å². The van der Waals surface area contributed by atoms with E-state index in [2.05, 4.69) is 42.9 Å². The van der Waals surface area contributed by atoms with Crippen molar-refractivity contribution in [2.24, 2.45) is 0 Å². The predicted octanol–water partition coefficient (Wildman–Crippen LogP) is 5.10. The number of nitrogens with two attached hydrogens (primary N) is 1. The standard InChI is InChI=1S/C30H35ClN8O.C2H4O2/c1-37-12-14-38(15-13-37)20-7-9-21(10-8-20)39-30-27(29(32)33-18-34-30)28(36-39)19-6-11-24(23(31)16-19)35-25-17-40-26-5-3-2-4-22(25)26;1-2(3)4/h2-6,11,16,18,20-21,25,35H,7-10,12-15,17H2,1H3,(H2,32,33,34);1H3,(H,3,4). The van der Waals surface area contributed by atoms with Gasteiger partial charge in [0.05, 0.1) is 28.2 Å². The Labute approximate surface area is 262 Å². The Morgan fingerprint density at radius 3 is 2.48 bits per heavy atom. The van der Waals surface area contributed by atoms with E-state index in [0.717, 1.165) is 85.2 Å². The van der Waals surface area contributed by atoms with E-state index < -0.39 is 5.97 Å². The normalized spacial score (nSPS) is 22.1. The first-order chi connectivity index (χ1) is 21.3. The van der Waals surface area contributed by atoms with E-state index in [4.69, 9.17) is 37.1 Å². The molecule has 1 saturated carbocycles. The zero-order valence-electron chi connectivity index (χ0n) is 25.1. The van der Waals surface area contributed by atoms with Crippen LogP contribution in [0.2, 0.25) is 5.02 Å². The number of halogens is 1. The number of carboxylic acid groups (broad SMARTS) is 1. The number of benzene rings is 2. The van der Waals surface area contributed by atoms with E-state index in [1.165, 1.54) is 19.2 Å². The number of likely N-dealkylation sites (N-methyl/N-ethyl adjacent to an activating group) is 1.